The van der Waals surface area contributed by atoms with Crippen molar-refractivity contribution in [2.75, 3.05) is 19.7 Å². The van der Waals surface area contributed by atoms with E-state index in [4.69, 9.17) is 9.47 Å². The summed E-state index contributed by atoms with van der Waals surface area (Å²) in [6.07, 6.45) is 0.151. The molecule has 0 bridgehead atoms. The Labute approximate surface area is 184 Å². The number of hydrogen-bond donors (Lipinski definition) is 2. The Morgan fingerprint density at radius 1 is 0.903 bits per heavy atom. The molecule has 0 aliphatic heterocycles. The van der Waals surface area contributed by atoms with Crippen LogP contribution in [-0.2, 0) is 19.1 Å². The highest BCUT2D eigenvalue weighted by atomic mass is 16.5. The Kier molecular flexibility index (Phi) is 11.3. The van der Waals surface area contributed by atoms with Crippen LogP contribution in [0.1, 0.15) is 68.2 Å². The largest absolute Gasteiger partial charge is 0.452 e. The first-order valence-corrected chi connectivity index (χ1v) is 10.7. The van der Waals surface area contributed by atoms with Gasteiger partial charge in [0.2, 0.25) is 0 Å². The van der Waals surface area contributed by atoms with Gasteiger partial charge in [-0.1, -0.05) is 47.1 Å². The monoisotopic (exact) mass is 434 g/mol. The Bertz CT molecular complexity index is 760. The summed E-state index contributed by atoms with van der Waals surface area (Å²) in [6.45, 7) is 10.3. The number of carbonyl (C=O) groups is 4. The fraction of sp³-hybridized carbons (Fsp3) is 0.565. The Hall–Kier alpha value is -2.90. The minimum atomic E-state index is -0.906. The number of rotatable bonds is 12. The maximum atomic E-state index is 12.5. The van der Waals surface area contributed by atoms with Gasteiger partial charge in [-0.05, 0) is 36.5 Å². The summed E-state index contributed by atoms with van der Waals surface area (Å²) in [5, 5.41) is 5.42. The number of hydrogen-bond acceptors (Lipinski definition) is 6. The molecule has 1 aromatic rings. The predicted molar refractivity (Wildman–Crippen MR) is 117 cm³/mol. The fourth-order valence-electron chi connectivity index (χ4n) is 2.48. The highest BCUT2D eigenvalue weighted by Gasteiger charge is 2.23. The van der Waals surface area contributed by atoms with E-state index >= 15 is 0 Å². The van der Waals surface area contributed by atoms with Crippen LogP contribution >= 0.6 is 0 Å². The van der Waals surface area contributed by atoms with Crippen molar-refractivity contribution in [3.8, 4) is 0 Å². The van der Waals surface area contributed by atoms with Gasteiger partial charge >= 0.3 is 11.9 Å². The Morgan fingerprint density at radius 3 is 2.06 bits per heavy atom. The molecule has 2 N–H and O–H groups in total. The zero-order valence-corrected chi connectivity index (χ0v) is 19.0. The lowest BCUT2D eigenvalue weighted by Gasteiger charge is -2.18. The Balaban J connectivity index is 2.73. The first-order valence-electron chi connectivity index (χ1n) is 10.7. The van der Waals surface area contributed by atoms with E-state index in [1.807, 2.05) is 34.6 Å². The molecule has 172 valence electrons. The maximum absolute atomic E-state index is 12.5. The molecule has 0 saturated carbocycles. The van der Waals surface area contributed by atoms with Gasteiger partial charge in [0.25, 0.3) is 11.8 Å². The summed E-state index contributed by atoms with van der Waals surface area (Å²) < 4.78 is 10.4. The first kappa shape index (κ1) is 26.1. The minimum Gasteiger partial charge on any atom is -0.452 e. The smallest absolute Gasteiger partial charge is 0.338 e. The number of esters is 2. The summed E-state index contributed by atoms with van der Waals surface area (Å²) in [7, 11) is 0. The van der Waals surface area contributed by atoms with Crippen molar-refractivity contribution in [3.63, 3.8) is 0 Å². The van der Waals surface area contributed by atoms with Gasteiger partial charge < -0.3 is 20.1 Å². The van der Waals surface area contributed by atoms with E-state index in [-0.39, 0.29) is 28.9 Å². The van der Waals surface area contributed by atoms with Gasteiger partial charge in [-0.25, -0.2) is 9.59 Å². The molecule has 1 unspecified atom stereocenters. The van der Waals surface area contributed by atoms with Gasteiger partial charge in [-0.15, -0.1) is 0 Å². The number of nitrogens with one attached hydrogen (secondary N) is 2. The maximum Gasteiger partial charge on any atom is 0.338 e. The zero-order valence-electron chi connectivity index (χ0n) is 19.0. The van der Waals surface area contributed by atoms with Crippen molar-refractivity contribution in [1.82, 2.24) is 10.6 Å². The molecule has 0 aliphatic rings. The van der Waals surface area contributed by atoms with Gasteiger partial charge in [0.05, 0.1) is 11.1 Å². The van der Waals surface area contributed by atoms with Crippen LogP contribution in [0.25, 0.3) is 0 Å². The van der Waals surface area contributed by atoms with Crippen LogP contribution in [-0.4, -0.2) is 49.6 Å². The van der Waals surface area contributed by atoms with E-state index < -0.39 is 30.6 Å². The van der Waals surface area contributed by atoms with Crippen LogP contribution in [0.5, 0.6) is 0 Å². The van der Waals surface area contributed by atoms with E-state index in [9.17, 15) is 19.2 Å². The van der Waals surface area contributed by atoms with Gasteiger partial charge in [-0.3, -0.25) is 9.59 Å². The van der Waals surface area contributed by atoms with Crippen LogP contribution in [0, 0.1) is 11.8 Å². The van der Waals surface area contributed by atoms with E-state index in [0.717, 1.165) is 0 Å². The Morgan fingerprint density at radius 2 is 1.48 bits per heavy atom. The second kappa shape index (κ2) is 13.4. The van der Waals surface area contributed by atoms with Crippen molar-refractivity contribution >= 4 is 23.8 Å². The molecule has 0 fully saturated rings. The molecule has 8 heteroatoms. The summed E-state index contributed by atoms with van der Waals surface area (Å²) in [5.74, 6) is -1.61. The van der Waals surface area contributed by atoms with E-state index in [0.29, 0.717) is 25.9 Å². The normalized spacial score (nSPS) is 11.7. The van der Waals surface area contributed by atoms with E-state index in [2.05, 4.69) is 10.6 Å². The van der Waals surface area contributed by atoms with E-state index in [1.165, 1.54) is 24.3 Å². The molecule has 0 aromatic heterocycles. The summed E-state index contributed by atoms with van der Waals surface area (Å²) >= 11 is 0. The molecule has 1 rings (SSSR count). The molecule has 1 atom stereocenters. The number of amides is 2. The second-order valence-corrected chi connectivity index (χ2v) is 8.18. The van der Waals surface area contributed by atoms with Crippen LogP contribution in [0.2, 0.25) is 0 Å². The average Bonchev–Trinajstić information content (AvgIpc) is 2.73. The minimum absolute atomic E-state index is 0.113. The molecule has 2 amide bonds. The van der Waals surface area contributed by atoms with Gasteiger partial charge in [0, 0.05) is 13.1 Å². The van der Waals surface area contributed by atoms with Crippen molar-refractivity contribution in [2.45, 2.75) is 53.6 Å². The number of benzene rings is 1. The summed E-state index contributed by atoms with van der Waals surface area (Å²) in [4.78, 5) is 48.8. The van der Waals surface area contributed by atoms with Crippen LogP contribution in [0.4, 0.5) is 0 Å². The van der Waals surface area contributed by atoms with Crippen LogP contribution < -0.4 is 10.6 Å². The second-order valence-electron chi connectivity index (χ2n) is 8.18. The van der Waals surface area contributed by atoms with Gasteiger partial charge in [0.1, 0.15) is 0 Å². The molecule has 0 saturated heterocycles. The third kappa shape index (κ3) is 10.1. The van der Waals surface area contributed by atoms with Crippen molar-refractivity contribution in [1.29, 1.82) is 0 Å². The SMILES string of the molecule is CCCC(OC(=O)c1cccc(C(=O)OCC(=O)NCC(C)C)c1)C(=O)NCC(C)C. The molecular formula is C23H34N2O6. The van der Waals surface area contributed by atoms with Crippen molar-refractivity contribution in [3.05, 3.63) is 35.4 Å². The van der Waals surface area contributed by atoms with Gasteiger partial charge in [0.15, 0.2) is 12.7 Å². The third-order valence-electron chi connectivity index (χ3n) is 4.15. The quantitative estimate of drug-likeness (QED) is 0.490. The molecule has 0 radical (unpaired) electrons. The molecule has 8 nitrogen and oxygen atoms in total. The zero-order chi connectivity index (χ0) is 23.4. The topological polar surface area (TPSA) is 111 Å². The third-order valence-corrected chi connectivity index (χ3v) is 4.15. The molecule has 0 spiro atoms. The van der Waals surface area contributed by atoms with Gasteiger partial charge in [-0.2, -0.15) is 0 Å². The average molecular weight is 435 g/mol. The lowest BCUT2D eigenvalue weighted by Crippen LogP contribution is -2.39. The van der Waals surface area contributed by atoms with Crippen LogP contribution in [0.3, 0.4) is 0 Å². The van der Waals surface area contributed by atoms with Crippen LogP contribution in [0.15, 0.2) is 24.3 Å². The van der Waals surface area contributed by atoms with Crippen molar-refractivity contribution in [2.24, 2.45) is 11.8 Å². The molecule has 1 aromatic carbocycles. The first-order chi connectivity index (χ1) is 14.6. The standard InChI is InChI=1S/C23H34N2O6/c1-6-8-19(21(27)25-13-16(4)5)31-23(29)18-10-7-9-17(11-18)22(28)30-14-20(26)24-12-15(2)3/h7,9-11,15-16,19H,6,8,12-14H2,1-5H3,(H,24,26)(H,25,27). The molecule has 31 heavy (non-hydrogen) atoms. The molecular weight excluding hydrogens is 400 g/mol. The fourth-order valence-corrected chi connectivity index (χ4v) is 2.48. The van der Waals surface area contributed by atoms with Crippen molar-refractivity contribution < 1.29 is 28.7 Å². The predicted octanol–water partition coefficient (Wildman–Crippen LogP) is 2.71. The molecule has 0 aliphatic carbocycles. The highest BCUT2D eigenvalue weighted by Crippen LogP contribution is 2.12. The highest BCUT2D eigenvalue weighted by molar-refractivity contribution is 5.97. The number of ether oxygens (including phenoxy) is 2. The lowest BCUT2D eigenvalue weighted by atomic mass is 10.1. The number of carbonyl (C=O) groups excluding carboxylic acids is 4. The summed E-state index contributed by atoms with van der Waals surface area (Å²) in [5.41, 5.74) is 0.235. The lowest BCUT2D eigenvalue weighted by molar-refractivity contribution is -0.130. The van der Waals surface area contributed by atoms with E-state index in [1.54, 1.807) is 0 Å². The molecule has 0 heterocycles. The summed E-state index contributed by atoms with van der Waals surface area (Å²) in [6, 6.07) is 5.80.